The Bertz CT molecular complexity index is 1050. The van der Waals surface area contributed by atoms with Crippen LogP contribution in [-0.4, -0.2) is 55.8 Å². The summed E-state index contributed by atoms with van der Waals surface area (Å²) < 4.78 is 27.7. The number of hydrogen-bond donors (Lipinski definition) is 1. The number of rotatable bonds is 5. The molecule has 162 valence electrons. The van der Waals surface area contributed by atoms with Gasteiger partial charge in [-0.2, -0.15) is 4.31 Å². The van der Waals surface area contributed by atoms with E-state index in [1.807, 2.05) is 24.0 Å². The smallest absolute Gasteiger partial charge is 0.243 e. The third-order valence-electron chi connectivity index (χ3n) is 5.35. The van der Waals surface area contributed by atoms with Crippen molar-refractivity contribution in [3.63, 3.8) is 0 Å². The fraction of sp³-hybridized carbons (Fsp3) is 0.381. The molecule has 2 aromatic rings. The van der Waals surface area contributed by atoms with E-state index in [1.165, 1.54) is 4.31 Å². The summed E-state index contributed by atoms with van der Waals surface area (Å²) in [5.41, 5.74) is 2.09. The summed E-state index contributed by atoms with van der Waals surface area (Å²) in [5, 5.41) is 3.69. The second-order valence-electron chi connectivity index (χ2n) is 7.50. The van der Waals surface area contributed by atoms with Gasteiger partial charge in [-0.25, -0.2) is 8.42 Å². The Morgan fingerprint density at radius 1 is 1.03 bits per heavy atom. The number of amides is 1. The van der Waals surface area contributed by atoms with Gasteiger partial charge in [0.25, 0.3) is 0 Å². The summed E-state index contributed by atoms with van der Waals surface area (Å²) in [7, 11) is -3.57. The zero-order valence-electron chi connectivity index (χ0n) is 17.2. The SMILES string of the molecule is Cc1ccc(C)c(S(=O)(=O)N2CCN([C@@H](C)C(=O)Nc3cc(Cl)ccc3Cl)CC2)c1. The van der Waals surface area contributed by atoms with Crippen LogP contribution in [0.1, 0.15) is 18.1 Å². The highest BCUT2D eigenvalue weighted by Crippen LogP contribution is 2.26. The standard InChI is InChI=1S/C21H25Cl2N3O3S/c1-14-4-5-15(2)20(12-14)30(28,29)26-10-8-25(9-11-26)16(3)21(27)24-19-13-17(22)6-7-18(19)23/h4-7,12-13,16H,8-11H2,1-3H3,(H,24,27)/t16-/m0/s1. The lowest BCUT2D eigenvalue weighted by molar-refractivity contribution is -0.121. The Balaban J connectivity index is 1.65. The number of halogens is 2. The minimum absolute atomic E-state index is 0.218. The van der Waals surface area contributed by atoms with Gasteiger partial charge in [0.05, 0.1) is 21.6 Å². The van der Waals surface area contributed by atoms with Crippen molar-refractivity contribution in [2.24, 2.45) is 0 Å². The van der Waals surface area contributed by atoms with Crippen LogP contribution < -0.4 is 5.32 Å². The van der Waals surface area contributed by atoms with Gasteiger partial charge >= 0.3 is 0 Å². The van der Waals surface area contributed by atoms with Gasteiger partial charge < -0.3 is 5.32 Å². The molecule has 30 heavy (non-hydrogen) atoms. The van der Waals surface area contributed by atoms with E-state index >= 15 is 0 Å². The van der Waals surface area contributed by atoms with Crippen LogP contribution in [0.3, 0.4) is 0 Å². The summed E-state index contributed by atoms with van der Waals surface area (Å²) in [6.07, 6.45) is 0. The fourth-order valence-corrected chi connectivity index (χ4v) is 5.52. The van der Waals surface area contributed by atoms with Gasteiger partial charge in [-0.1, -0.05) is 35.3 Å². The normalized spacial score (nSPS) is 17.0. The third-order valence-corrected chi connectivity index (χ3v) is 7.95. The molecule has 0 saturated carbocycles. The minimum Gasteiger partial charge on any atom is -0.323 e. The zero-order chi connectivity index (χ0) is 22.1. The second kappa shape index (κ2) is 9.24. The molecule has 0 bridgehead atoms. The summed E-state index contributed by atoms with van der Waals surface area (Å²) >= 11 is 12.1. The number of aryl methyl sites for hydroxylation is 2. The highest BCUT2D eigenvalue weighted by Gasteiger charge is 2.32. The number of sulfonamides is 1. The number of hydrogen-bond acceptors (Lipinski definition) is 4. The van der Waals surface area contributed by atoms with Gasteiger partial charge in [-0.3, -0.25) is 9.69 Å². The van der Waals surface area contributed by atoms with Crippen molar-refractivity contribution in [3.05, 3.63) is 57.6 Å². The van der Waals surface area contributed by atoms with Crippen molar-refractivity contribution in [1.29, 1.82) is 0 Å². The molecule has 0 aromatic heterocycles. The fourth-order valence-electron chi connectivity index (χ4n) is 3.45. The molecule has 1 N–H and O–H groups in total. The molecule has 0 aliphatic carbocycles. The summed E-state index contributed by atoms with van der Waals surface area (Å²) in [4.78, 5) is 15.0. The maximum absolute atomic E-state index is 13.1. The Labute approximate surface area is 187 Å². The van der Waals surface area contributed by atoms with E-state index in [0.717, 1.165) is 11.1 Å². The van der Waals surface area contributed by atoms with Crippen LogP contribution in [0.5, 0.6) is 0 Å². The number of carbonyl (C=O) groups is 1. The molecule has 6 nitrogen and oxygen atoms in total. The van der Waals surface area contributed by atoms with E-state index in [9.17, 15) is 13.2 Å². The van der Waals surface area contributed by atoms with E-state index in [2.05, 4.69) is 5.32 Å². The second-order valence-corrected chi connectivity index (χ2v) is 10.2. The van der Waals surface area contributed by atoms with Crippen LogP contribution in [-0.2, 0) is 14.8 Å². The average Bonchev–Trinajstić information content (AvgIpc) is 2.72. The Kier molecular flexibility index (Phi) is 7.09. The summed E-state index contributed by atoms with van der Waals surface area (Å²) in [6, 6.07) is 9.88. The first-order chi connectivity index (χ1) is 14.1. The molecule has 1 aliphatic rings. The molecule has 1 amide bonds. The van der Waals surface area contributed by atoms with Crippen molar-refractivity contribution >= 4 is 44.8 Å². The summed E-state index contributed by atoms with van der Waals surface area (Å²) in [6.45, 7) is 7.04. The predicted molar refractivity (Wildman–Crippen MR) is 121 cm³/mol. The number of benzene rings is 2. The van der Waals surface area contributed by atoms with Gasteiger partial charge in [-0.15, -0.1) is 0 Å². The van der Waals surface area contributed by atoms with Crippen LogP contribution in [0.2, 0.25) is 10.0 Å². The number of nitrogens with one attached hydrogen (secondary N) is 1. The molecule has 0 unspecified atom stereocenters. The van der Waals surface area contributed by atoms with Gasteiger partial charge in [0, 0.05) is 31.2 Å². The number of nitrogens with zero attached hydrogens (tertiary/aromatic N) is 2. The first kappa shape index (κ1) is 23.0. The highest BCUT2D eigenvalue weighted by atomic mass is 35.5. The number of piperazine rings is 1. The van der Waals surface area contributed by atoms with Crippen molar-refractivity contribution in [3.8, 4) is 0 Å². The monoisotopic (exact) mass is 469 g/mol. The van der Waals surface area contributed by atoms with Crippen molar-refractivity contribution in [2.45, 2.75) is 31.7 Å². The third kappa shape index (κ3) is 4.98. The lowest BCUT2D eigenvalue weighted by Gasteiger charge is -2.37. The van der Waals surface area contributed by atoms with Crippen LogP contribution in [0.25, 0.3) is 0 Å². The van der Waals surface area contributed by atoms with Crippen molar-refractivity contribution in [2.75, 3.05) is 31.5 Å². The van der Waals surface area contributed by atoms with Crippen LogP contribution >= 0.6 is 23.2 Å². The van der Waals surface area contributed by atoms with Crippen LogP contribution in [0, 0.1) is 13.8 Å². The molecular formula is C21H25Cl2N3O3S. The Morgan fingerprint density at radius 3 is 2.37 bits per heavy atom. The zero-order valence-corrected chi connectivity index (χ0v) is 19.5. The lowest BCUT2D eigenvalue weighted by atomic mass is 10.2. The van der Waals surface area contributed by atoms with Crippen molar-refractivity contribution in [1.82, 2.24) is 9.21 Å². The van der Waals surface area contributed by atoms with E-state index in [4.69, 9.17) is 23.2 Å². The topological polar surface area (TPSA) is 69.7 Å². The van der Waals surface area contributed by atoms with E-state index in [0.29, 0.717) is 46.8 Å². The predicted octanol–water partition coefficient (Wildman–Crippen LogP) is 3.94. The molecule has 1 atom stereocenters. The summed E-state index contributed by atoms with van der Waals surface area (Å²) in [5.74, 6) is -0.218. The maximum atomic E-state index is 13.1. The minimum atomic E-state index is -3.57. The molecule has 1 fully saturated rings. The highest BCUT2D eigenvalue weighted by molar-refractivity contribution is 7.89. The molecule has 0 spiro atoms. The Hall–Kier alpha value is -1.64. The number of carbonyl (C=O) groups excluding carboxylic acids is 1. The van der Waals surface area contributed by atoms with Gasteiger partial charge in [0.1, 0.15) is 0 Å². The quantitative estimate of drug-likeness (QED) is 0.719. The van der Waals surface area contributed by atoms with E-state index in [-0.39, 0.29) is 5.91 Å². The molecule has 1 saturated heterocycles. The molecule has 3 rings (SSSR count). The maximum Gasteiger partial charge on any atom is 0.243 e. The lowest BCUT2D eigenvalue weighted by Crippen LogP contribution is -2.54. The van der Waals surface area contributed by atoms with Gasteiger partial charge in [-0.05, 0) is 56.2 Å². The Morgan fingerprint density at radius 2 is 1.70 bits per heavy atom. The largest absolute Gasteiger partial charge is 0.323 e. The van der Waals surface area contributed by atoms with Crippen LogP contribution in [0.4, 0.5) is 5.69 Å². The molecule has 1 aliphatic heterocycles. The van der Waals surface area contributed by atoms with Gasteiger partial charge in [0.15, 0.2) is 0 Å². The molecule has 2 aromatic carbocycles. The van der Waals surface area contributed by atoms with E-state index < -0.39 is 16.1 Å². The van der Waals surface area contributed by atoms with Gasteiger partial charge in [0.2, 0.25) is 15.9 Å². The first-order valence-electron chi connectivity index (χ1n) is 9.67. The molecule has 0 radical (unpaired) electrons. The molecule has 9 heteroatoms. The molecule has 1 heterocycles. The first-order valence-corrected chi connectivity index (χ1v) is 11.9. The molecular weight excluding hydrogens is 445 g/mol. The number of anilines is 1. The van der Waals surface area contributed by atoms with Crippen molar-refractivity contribution < 1.29 is 13.2 Å². The van der Waals surface area contributed by atoms with Crippen LogP contribution in [0.15, 0.2) is 41.3 Å². The van der Waals surface area contributed by atoms with E-state index in [1.54, 1.807) is 38.1 Å². The average molecular weight is 470 g/mol.